The van der Waals surface area contributed by atoms with Crippen molar-refractivity contribution >= 4 is 6.29 Å². The molecule has 1 atom stereocenters. The predicted octanol–water partition coefficient (Wildman–Crippen LogP) is 3.94. The van der Waals surface area contributed by atoms with Gasteiger partial charge in [-0.3, -0.25) is 0 Å². The molecule has 0 spiro atoms. The van der Waals surface area contributed by atoms with Crippen LogP contribution in [0.2, 0.25) is 0 Å². The van der Waals surface area contributed by atoms with Gasteiger partial charge in [-0.25, -0.2) is 0 Å². The summed E-state index contributed by atoms with van der Waals surface area (Å²) in [6, 6.07) is 10.5. The molecule has 0 aliphatic carbocycles. The van der Waals surface area contributed by atoms with E-state index >= 15 is 0 Å². The standard InChI is InChI=1S/C14H20O/c1-2-3-8-13(11-7-12-15)14-9-5-4-6-10-14/h4-6,9-10,12-13H,2-3,7-8,11H2,1H3. The van der Waals surface area contributed by atoms with Crippen molar-refractivity contribution in [3.63, 3.8) is 0 Å². The fraction of sp³-hybridized carbons (Fsp3) is 0.500. The smallest absolute Gasteiger partial charge is 0.120 e. The molecule has 0 heterocycles. The van der Waals surface area contributed by atoms with Gasteiger partial charge in [0.15, 0.2) is 0 Å². The summed E-state index contributed by atoms with van der Waals surface area (Å²) in [6.45, 7) is 2.21. The lowest BCUT2D eigenvalue weighted by Gasteiger charge is -2.15. The highest BCUT2D eigenvalue weighted by atomic mass is 16.1. The minimum atomic E-state index is 0.566. The summed E-state index contributed by atoms with van der Waals surface area (Å²) in [4.78, 5) is 10.4. The second-order valence-corrected chi connectivity index (χ2v) is 3.99. The lowest BCUT2D eigenvalue weighted by Crippen LogP contribution is -1.99. The fourth-order valence-electron chi connectivity index (χ4n) is 1.92. The molecule has 0 amide bonds. The Hall–Kier alpha value is -1.11. The van der Waals surface area contributed by atoms with E-state index in [-0.39, 0.29) is 0 Å². The highest BCUT2D eigenvalue weighted by molar-refractivity contribution is 5.49. The van der Waals surface area contributed by atoms with E-state index in [9.17, 15) is 4.79 Å². The number of hydrogen-bond acceptors (Lipinski definition) is 1. The third-order valence-corrected chi connectivity index (χ3v) is 2.81. The molecule has 0 saturated carbocycles. The van der Waals surface area contributed by atoms with E-state index in [0.29, 0.717) is 12.3 Å². The molecular formula is C14H20O. The SMILES string of the molecule is CCCCC(CCC=O)c1ccccc1. The maximum atomic E-state index is 10.4. The van der Waals surface area contributed by atoms with Gasteiger partial charge in [0, 0.05) is 6.42 Å². The topological polar surface area (TPSA) is 17.1 Å². The molecule has 1 aromatic carbocycles. The Morgan fingerprint density at radius 1 is 1.20 bits per heavy atom. The van der Waals surface area contributed by atoms with Crippen LogP contribution in [0.1, 0.15) is 50.5 Å². The molecule has 0 aliphatic heterocycles. The van der Waals surface area contributed by atoms with Gasteiger partial charge in [0.25, 0.3) is 0 Å². The number of rotatable bonds is 7. The monoisotopic (exact) mass is 204 g/mol. The number of hydrogen-bond donors (Lipinski definition) is 0. The van der Waals surface area contributed by atoms with E-state index in [4.69, 9.17) is 0 Å². The first-order valence-electron chi connectivity index (χ1n) is 5.87. The Bertz CT molecular complexity index is 266. The molecule has 0 N–H and O–H groups in total. The molecule has 0 aliphatic rings. The van der Waals surface area contributed by atoms with Crippen molar-refractivity contribution in [3.05, 3.63) is 35.9 Å². The van der Waals surface area contributed by atoms with Crippen molar-refractivity contribution in [2.75, 3.05) is 0 Å². The lowest BCUT2D eigenvalue weighted by atomic mass is 9.90. The van der Waals surface area contributed by atoms with Crippen LogP contribution >= 0.6 is 0 Å². The van der Waals surface area contributed by atoms with Gasteiger partial charge in [-0.15, -0.1) is 0 Å². The van der Waals surface area contributed by atoms with Crippen LogP contribution in [0.5, 0.6) is 0 Å². The maximum absolute atomic E-state index is 10.4. The number of carbonyl (C=O) groups is 1. The molecule has 1 rings (SSSR count). The van der Waals surface area contributed by atoms with Gasteiger partial charge in [-0.2, -0.15) is 0 Å². The van der Waals surface area contributed by atoms with Crippen LogP contribution in [-0.2, 0) is 4.79 Å². The van der Waals surface area contributed by atoms with Gasteiger partial charge in [0.05, 0.1) is 0 Å². The van der Waals surface area contributed by atoms with Gasteiger partial charge < -0.3 is 4.79 Å². The first kappa shape index (κ1) is 12.0. The van der Waals surface area contributed by atoms with Crippen molar-refractivity contribution in [1.29, 1.82) is 0 Å². The van der Waals surface area contributed by atoms with E-state index in [2.05, 4.69) is 31.2 Å². The number of benzene rings is 1. The molecule has 1 unspecified atom stereocenters. The van der Waals surface area contributed by atoms with Crippen molar-refractivity contribution < 1.29 is 4.79 Å². The Morgan fingerprint density at radius 3 is 2.53 bits per heavy atom. The molecule has 0 fully saturated rings. The number of aldehydes is 1. The van der Waals surface area contributed by atoms with E-state index in [0.717, 1.165) is 12.7 Å². The quantitative estimate of drug-likeness (QED) is 0.615. The molecule has 1 nitrogen and oxygen atoms in total. The molecule has 1 aromatic rings. The molecule has 1 heteroatoms. The third-order valence-electron chi connectivity index (χ3n) is 2.81. The summed E-state index contributed by atoms with van der Waals surface area (Å²) in [5, 5.41) is 0. The van der Waals surface area contributed by atoms with Gasteiger partial charge in [-0.1, -0.05) is 50.1 Å². The Labute approximate surface area is 92.5 Å². The second-order valence-electron chi connectivity index (χ2n) is 3.99. The predicted molar refractivity (Wildman–Crippen MR) is 64.0 cm³/mol. The van der Waals surface area contributed by atoms with Crippen LogP contribution in [0.3, 0.4) is 0 Å². The number of carbonyl (C=O) groups excluding carboxylic acids is 1. The molecular weight excluding hydrogens is 184 g/mol. The minimum absolute atomic E-state index is 0.566. The Morgan fingerprint density at radius 2 is 1.93 bits per heavy atom. The third kappa shape index (κ3) is 4.28. The summed E-state index contributed by atoms with van der Waals surface area (Å²) < 4.78 is 0. The Kier molecular flexibility index (Phi) is 5.76. The van der Waals surface area contributed by atoms with Gasteiger partial charge in [0.1, 0.15) is 6.29 Å². The first-order valence-corrected chi connectivity index (χ1v) is 5.87. The fourth-order valence-corrected chi connectivity index (χ4v) is 1.92. The second kappa shape index (κ2) is 7.22. The van der Waals surface area contributed by atoms with Crippen LogP contribution < -0.4 is 0 Å². The molecule has 15 heavy (non-hydrogen) atoms. The highest BCUT2D eigenvalue weighted by Crippen LogP contribution is 2.26. The molecule has 0 bridgehead atoms. The van der Waals surface area contributed by atoms with Crippen LogP contribution in [0, 0.1) is 0 Å². The van der Waals surface area contributed by atoms with E-state index in [1.54, 1.807) is 0 Å². The largest absolute Gasteiger partial charge is 0.303 e. The average molecular weight is 204 g/mol. The van der Waals surface area contributed by atoms with Crippen molar-refractivity contribution in [2.24, 2.45) is 0 Å². The summed E-state index contributed by atoms with van der Waals surface area (Å²) in [7, 11) is 0. The zero-order valence-electron chi connectivity index (χ0n) is 9.49. The van der Waals surface area contributed by atoms with Crippen molar-refractivity contribution in [2.45, 2.75) is 44.9 Å². The summed E-state index contributed by atoms with van der Waals surface area (Å²) >= 11 is 0. The van der Waals surface area contributed by atoms with Gasteiger partial charge >= 0.3 is 0 Å². The highest BCUT2D eigenvalue weighted by Gasteiger charge is 2.09. The summed E-state index contributed by atoms with van der Waals surface area (Å²) in [5.41, 5.74) is 1.38. The van der Waals surface area contributed by atoms with Crippen LogP contribution in [0.4, 0.5) is 0 Å². The zero-order chi connectivity index (χ0) is 10.9. The van der Waals surface area contributed by atoms with E-state index in [1.165, 1.54) is 24.8 Å². The van der Waals surface area contributed by atoms with Crippen LogP contribution in [-0.4, -0.2) is 6.29 Å². The van der Waals surface area contributed by atoms with Crippen molar-refractivity contribution in [1.82, 2.24) is 0 Å². The van der Waals surface area contributed by atoms with Crippen LogP contribution in [0.15, 0.2) is 30.3 Å². The number of unbranched alkanes of at least 4 members (excludes halogenated alkanes) is 1. The van der Waals surface area contributed by atoms with E-state index in [1.807, 2.05) is 6.07 Å². The minimum Gasteiger partial charge on any atom is -0.303 e. The van der Waals surface area contributed by atoms with E-state index < -0.39 is 0 Å². The zero-order valence-corrected chi connectivity index (χ0v) is 9.49. The molecule has 0 aromatic heterocycles. The Balaban J connectivity index is 2.58. The first-order chi connectivity index (χ1) is 7.38. The summed E-state index contributed by atoms with van der Waals surface area (Å²) in [5.74, 6) is 0.566. The molecule has 0 saturated heterocycles. The average Bonchev–Trinajstić information content (AvgIpc) is 2.30. The maximum Gasteiger partial charge on any atom is 0.120 e. The normalized spacial score (nSPS) is 12.3. The molecule has 82 valence electrons. The van der Waals surface area contributed by atoms with Crippen molar-refractivity contribution in [3.8, 4) is 0 Å². The van der Waals surface area contributed by atoms with Crippen LogP contribution in [0.25, 0.3) is 0 Å². The van der Waals surface area contributed by atoms with Gasteiger partial charge in [0.2, 0.25) is 0 Å². The molecule has 0 radical (unpaired) electrons. The lowest BCUT2D eigenvalue weighted by molar-refractivity contribution is -0.108. The summed E-state index contributed by atoms with van der Waals surface area (Å²) in [6.07, 6.45) is 6.38. The van der Waals surface area contributed by atoms with Gasteiger partial charge in [-0.05, 0) is 24.3 Å².